The quantitative estimate of drug-likeness (QED) is 0.698. The molecule has 19 heavy (non-hydrogen) atoms. The normalized spacial score (nSPS) is 14.1. The van der Waals surface area contributed by atoms with Gasteiger partial charge in [-0.1, -0.05) is 12.1 Å². The highest BCUT2D eigenvalue weighted by Crippen LogP contribution is 2.30. The van der Waals surface area contributed by atoms with Crippen LogP contribution in [0.1, 0.15) is 12.0 Å². The number of nitrogens with one attached hydrogen (secondary N) is 2. The maximum absolute atomic E-state index is 4.42. The molecule has 2 aromatic heterocycles. The van der Waals surface area contributed by atoms with Crippen molar-refractivity contribution in [2.45, 2.75) is 12.8 Å². The van der Waals surface area contributed by atoms with E-state index in [0.717, 1.165) is 35.1 Å². The van der Waals surface area contributed by atoms with Crippen molar-refractivity contribution in [2.24, 2.45) is 0 Å². The van der Waals surface area contributed by atoms with Crippen molar-refractivity contribution in [2.75, 3.05) is 11.9 Å². The van der Waals surface area contributed by atoms with E-state index in [-0.39, 0.29) is 0 Å². The summed E-state index contributed by atoms with van der Waals surface area (Å²) in [6, 6.07) is 8.49. The first-order chi connectivity index (χ1) is 9.42. The van der Waals surface area contributed by atoms with E-state index in [9.17, 15) is 0 Å². The zero-order valence-corrected chi connectivity index (χ0v) is 10.5. The van der Waals surface area contributed by atoms with Gasteiger partial charge < -0.3 is 5.32 Å². The second kappa shape index (κ2) is 4.09. The van der Waals surface area contributed by atoms with Crippen LogP contribution in [0.3, 0.4) is 0 Å². The number of aromatic amines is 1. The second-order valence-corrected chi connectivity index (χ2v) is 4.90. The Morgan fingerprint density at radius 1 is 1.16 bits per heavy atom. The van der Waals surface area contributed by atoms with Gasteiger partial charge in [0.15, 0.2) is 0 Å². The van der Waals surface area contributed by atoms with Crippen LogP contribution in [0, 0.1) is 0 Å². The Morgan fingerprint density at radius 2 is 2.16 bits per heavy atom. The summed E-state index contributed by atoms with van der Waals surface area (Å²) in [5.74, 6) is 0. The Kier molecular flexibility index (Phi) is 2.27. The third kappa shape index (κ3) is 1.68. The minimum Gasteiger partial charge on any atom is -0.385 e. The lowest BCUT2D eigenvalue weighted by molar-refractivity contribution is 0.830. The standard InChI is InChI=1S/C15H14N4/c1-2-10-3-4-11(8-14(10)17-6-1)15-12-9-16-7-5-13(12)18-19-15/h3-5,7-9,17H,1-2,6H2,(H,18,19). The summed E-state index contributed by atoms with van der Waals surface area (Å²) in [5.41, 5.74) is 5.76. The molecule has 2 N–H and O–H groups in total. The lowest BCUT2D eigenvalue weighted by Crippen LogP contribution is -2.11. The van der Waals surface area contributed by atoms with Crippen molar-refractivity contribution in [1.82, 2.24) is 15.2 Å². The van der Waals surface area contributed by atoms with E-state index in [1.54, 1.807) is 6.20 Å². The topological polar surface area (TPSA) is 53.6 Å². The molecule has 94 valence electrons. The second-order valence-electron chi connectivity index (χ2n) is 4.90. The van der Waals surface area contributed by atoms with Crippen LogP contribution in [0.2, 0.25) is 0 Å². The highest BCUT2D eigenvalue weighted by Gasteiger charge is 2.12. The van der Waals surface area contributed by atoms with E-state index in [1.807, 2.05) is 12.3 Å². The molecular weight excluding hydrogens is 236 g/mol. The van der Waals surface area contributed by atoms with Crippen molar-refractivity contribution in [3.05, 3.63) is 42.2 Å². The molecule has 0 saturated carbocycles. The molecule has 4 heteroatoms. The van der Waals surface area contributed by atoms with Gasteiger partial charge in [-0.25, -0.2) is 0 Å². The van der Waals surface area contributed by atoms with Gasteiger partial charge in [0.05, 0.1) is 5.52 Å². The molecule has 0 aliphatic carbocycles. The van der Waals surface area contributed by atoms with Crippen molar-refractivity contribution in [3.63, 3.8) is 0 Å². The van der Waals surface area contributed by atoms with E-state index < -0.39 is 0 Å². The van der Waals surface area contributed by atoms with E-state index in [0.29, 0.717) is 0 Å². The maximum Gasteiger partial charge on any atom is 0.102 e. The molecule has 3 aromatic rings. The minimum absolute atomic E-state index is 0.971. The number of hydrogen-bond donors (Lipinski definition) is 2. The van der Waals surface area contributed by atoms with Crippen molar-refractivity contribution in [1.29, 1.82) is 0 Å². The summed E-state index contributed by atoms with van der Waals surface area (Å²) in [6.07, 6.45) is 6.01. The number of hydrogen-bond acceptors (Lipinski definition) is 3. The number of aromatic nitrogens is 3. The van der Waals surface area contributed by atoms with Crippen LogP contribution < -0.4 is 5.32 Å². The van der Waals surface area contributed by atoms with E-state index >= 15 is 0 Å². The molecule has 0 atom stereocenters. The average molecular weight is 250 g/mol. The van der Waals surface area contributed by atoms with Crippen LogP contribution in [-0.2, 0) is 6.42 Å². The first kappa shape index (κ1) is 10.6. The Morgan fingerprint density at radius 3 is 3.16 bits per heavy atom. The molecule has 0 bridgehead atoms. The van der Waals surface area contributed by atoms with Gasteiger partial charge in [-0.3, -0.25) is 10.1 Å². The molecule has 3 heterocycles. The molecule has 0 fully saturated rings. The lowest BCUT2D eigenvalue weighted by atomic mass is 9.99. The lowest BCUT2D eigenvalue weighted by Gasteiger charge is -2.18. The average Bonchev–Trinajstić information content (AvgIpc) is 2.91. The SMILES string of the molecule is c1cc2[nH]nc(-c3ccc4c(c3)NCCC4)c2cn1. The number of fused-ring (bicyclic) bond motifs is 2. The summed E-state index contributed by atoms with van der Waals surface area (Å²) >= 11 is 0. The summed E-state index contributed by atoms with van der Waals surface area (Å²) in [6.45, 7) is 1.05. The number of H-pyrrole nitrogens is 1. The van der Waals surface area contributed by atoms with E-state index in [2.05, 4.69) is 38.7 Å². The van der Waals surface area contributed by atoms with Gasteiger partial charge in [-0.05, 0) is 30.5 Å². The fourth-order valence-electron chi connectivity index (χ4n) is 2.69. The predicted octanol–water partition coefficient (Wildman–Crippen LogP) is 2.98. The summed E-state index contributed by atoms with van der Waals surface area (Å²) in [4.78, 5) is 4.18. The van der Waals surface area contributed by atoms with Crippen LogP contribution in [0.4, 0.5) is 5.69 Å². The van der Waals surface area contributed by atoms with Crippen LogP contribution in [0.5, 0.6) is 0 Å². The Hall–Kier alpha value is -2.36. The summed E-state index contributed by atoms with van der Waals surface area (Å²) in [5, 5.41) is 12.0. The molecule has 0 unspecified atom stereocenters. The fraction of sp³-hybridized carbons (Fsp3) is 0.200. The molecule has 0 spiro atoms. The zero-order valence-electron chi connectivity index (χ0n) is 10.5. The van der Waals surface area contributed by atoms with Gasteiger partial charge in [0.2, 0.25) is 0 Å². The molecule has 1 aromatic carbocycles. The smallest absolute Gasteiger partial charge is 0.102 e. The summed E-state index contributed by atoms with van der Waals surface area (Å²) < 4.78 is 0. The van der Waals surface area contributed by atoms with E-state index in [1.165, 1.54) is 17.7 Å². The number of nitrogens with zero attached hydrogens (tertiary/aromatic N) is 2. The molecule has 1 aliphatic rings. The third-order valence-electron chi connectivity index (χ3n) is 3.69. The molecule has 1 aliphatic heterocycles. The van der Waals surface area contributed by atoms with Crippen LogP contribution >= 0.6 is 0 Å². The highest BCUT2D eigenvalue weighted by atomic mass is 15.1. The number of rotatable bonds is 1. The summed E-state index contributed by atoms with van der Waals surface area (Å²) in [7, 11) is 0. The molecule has 0 saturated heterocycles. The number of aryl methyl sites for hydroxylation is 1. The maximum atomic E-state index is 4.42. The minimum atomic E-state index is 0.971. The first-order valence-corrected chi connectivity index (χ1v) is 6.57. The number of pyridine rings is 1. The van der Waals surface area contributed by atoms with Crippen molar-refractivity contribution in [3.8, 4) is 11.3 Å². The number of anilines is 1. The van der Waals surface area contributed by atoms with E-state index in [4.69, 9.17) is 0 Å². The van der Waals surface area contributed by atoms with Gasteiger partial charge in [0.25, 0.3) is 0 Å². The van der Waals surface area contributed by atoms with Gasteiger partial charge in [-0.15, -0.1) is 0 Å². The molecule has 4 rings (SSSR count). The van der Waals surface area contributed by atoms with Gasteiger partial charge in [0.1, 0.15) is 5.69 Å². The van der Waals surface area contributed by atoms with Gasteiger partial charge in [-0.2, -0.15) is 5.10 Å². The van der Waals surface area contributed by atoms with Crippen LogP contribution in [-0.4, -0.2) is 21.7 Å². The predicted molar refractivity (Wildman–Crippen MR) is 76.1 cm³/mol. The van der Waals surface area contributed by atoms with Gasteiger partial charge in [0, 0.05) is 35.6 Å². The zero-order chi connectivity index (χ0) is 12.7. The van der Waals surface area contributed by atoms with Crippen LogP contribution in [0.25, 0.3) is 22.2 Å². The monoisotopic (exact) mass is 250 g/mol. The Labute approximate surface area is 110 Å². The molecule has 0 amide bonds. The number of benzene rings is 1. The van der Waals surface area contributed by atoms with Gasteiger partial charge >= 0.3 is 0 Å². The fourth-order valence-corrected chi connectivity index (χ4v) is 2.69. The molecule has 4 nitrogen and oxygen atoms in total. The largest absolute Gasteiger partial charge is 0.385 e. The highest BCUT2D eigenvalue weighted by molar-refractivity contribution is 5.92. The third-order valence-corrected chi connectivity index (χ3v) is 3.69. The molecular formula is C15H14N4. The van der Waals surface area contributed by atoms with Crippen molar-refractivity contribution >= 4 is 16.6 Å². The Bertz CT molecular complexity index is 745. The van der Waals surface area contributed by atoms with Crippen molar-refractivity contribution < 1.29 is 0 Å². The first-order valence-electron chi connectivity index (χ1n) is 6.57. The van der Waals surface area contributed by atoms with Crippen LogP contribution in [0.15, 0.2) is 36.7 Å². The Balaban J connectivity index is 1.88. The molecule has 0 radical (unpaired) electrons.